The molecule has 7 heteroatoms. The zero-order valence-electron chi connectivity index (χ0n) is 17.2. The first kappa shape index (κ1) is 20.1. The Kier molecular flexibility index (Phi) is 6.07. The minimum atomic E-state index is -0.212. The van der Waals surface area contributed by atoms with E-state index in [2.05, 4.69) is 10.3 Å². The van der Waals surface area contributed by atoms with Crippen molar-refractivity contribution in [2.24, 2.45) is 0 Å². The molecular weight excluding hydrogens is 380 g/mol. The van der Waals surface area contributed by atoms with Gasteiger partial charge in [-0.15, -0.1) is 5.10 Å². The van der Waals surface area contributed by atoms with E-state index in [1.165, 1.54) is 4.68 Å². The van der Waals surface area contributed by atoms with Crippen LogP contribution in [0, 0.1) is 0 Å². The van der Waals surface area contributed by atoms with Crippen molar-refractivity contribution in [3.05, 3.63) is 64.4 Å². The highest BCUT2D eigenvalue weighted by Gasteiger charge is 2.26. The lowest BCUT2D eigenvalue weighted by Crippen LogP contribution is -2.36. The van der Waals surface area contributed by atoms with E-state index < -0.39 is 0 Å². The number of aromatic nitrogens is 3. The maximum atomic E-state index is 13.1. The molecular formula is C23H26N4O3. The minimum absolute atomic E-state index is 0.0413. The van der Waals surface area contributed by atoms with Crippen LogP contribution in [0.5, 0.6) is 5.75 Å². The summed E-state index contributed by atoms with van der Waals surface area (Å²) in [5, 5.41) is 8.63. The Bertz CT molecular complexity index is 1080. The normalized spacial score (nSPS) is 17.0. The number of aryl methyl sites for hydroxylation is 1. The molecule has 2 heterocycles. The molecule has 0 N–H and O–H groups in total. The van der Waals surface area contributed by atoms with Crippen LogP contribution >= 0.6 is 0 Å². The molecule has 0 spiro atoms. The molecule has 2 aromatic carbocycles. The Labute approximate surface area is 175 Å². The number of methoxy groups -OCH3 is 1. The van der Waals surface area contributed by atoms with E-state index in [1.807, 2.05) is 35.2 Å². The molecule has 1 fully saturated rings. The Morgan fingerprint density at radius 1 is 1.10 bits per heavy atom. The van der Waals surface area contributed by atoms with E-state index in [4.69, 9.17) is 4.74 Å². The fourth-order valence-electron chi connectivity index (χ4n) is 4.09. The van der Waals surface area contributed by atoms with E-state index in [1.54, 1.807) is 25.3 Å². The van der Waals surface area contributed by atoms with Gasteiger partial charge in [-0.05, 0) is 42.7 Å². The van der Waals surface area contributed by atoms with Gasteiger partial charge in [0.05, 0.1) is 25.1 Å². The SMILES string of the molecule is COc1ccc(C2CCCCCN2C(=O)CCn2nnc3ccccc3c2=O)cc1. The number of rotatable bonds is 5. The van der Waals surface area contributed by atoms with E-state index in [-0.39, 0.29) is 30.5 Å². The summed E-state index contributed by atoms with van der Waals surface area (Å²) >= 11 is 0. The number of hydrogen-bond donors (Lipinski definition) is 0. The van der Waals surface area contributed by atoms with Crippen LogP contribution in [0.15, 0.2) is 53.3 Å². The summed E-state index contributed by atoms with van der Waals surface area (Å²) in [6.45, 7) is 0.954. The number of carbonyl (C=O) groups excluding carboxylic acids is 1. The molecule has 1 aliphatic heterocycles. The second-order valence-electron chi connectivity index (χ2n) is 7.61. The average molecular weight is 406 g/mol. The summed E-state index contributed by atoms with van der Waals surface area (Å²) in [5.41, 5.74) is 1.47. The Hall–Kier alpha value is -3.22. The van der Waals surface area contributed by atoms with E-state index in [0.29, 0.717) is 10.9 Å². The van der Waals surface area contributed by atoms with Crippen LogP contribution in [0.4, 0.5) is 0 Å². The van der Waals surface area contributed by atoms with Gasteiger partial charge in [-0.1, -0.05) is 42.3 Å². The summed E-state index contributed by atoms with van der Waals surface area (Å²) in [6, 6.07) is 15.1. The van der Waals surface area contributed by atoms with Crippen molar-refractivity contribution >= 4 is 16.8 Å². The number of benzene rings is 2. The summed E-state index contributed by atoms with van der Waals surface area (Å²) in [5.74, 6) is 0.846. The molecule has 1 aliphatic rings. The Morgan fingerprint density at radius 2 is 1.90 bits per heavy atom. The summed E-state index contributed by atoms with van der Waals surface area (Å²) < 4.78 is 6.55. The van der Waals surface area contributed by atoms with Crippen LogP contribution in [0.1, 0.15) is 43.7 Å². The first-order valence-corrected chi connectivity index (χ1v) is 10.4. The number of hydrogen-bond acceptors (Lipinski definition) is 5. The van der Waals surface area contributed by atoms with Crippen molar-refractivity contribution in [3.8, 4) is 5.75 Å². The van der Waals surface area contributed by atoms with Crippen molar-refractivity contribution in [2.75, 3.05) is 13.7 Å². The number of nitrogens with zero attached hydrogens (tertiary/aromatic N) is 4. The third-order valence-corrected chi connectivity index (χ3v) is 5.74. The first-order chi connectivity index (χ1) is 14.7. The van der Waals surface area contributed by atoms with Gasteiger partial charge < -0.3 is 9.64 Å². The van der Waals surface area contributed by atoms with Crippen LogP contribution in [-0.2, 0) is 11.3 Å². The van der Waals surface area contributed by atoms with E-state index >= 15 is 0 Å². The fourth-order valence-corrected chi connectivity index (χ4v) is 4.09. The fraction of sp³-hybridized carbons (Fsp3) is 0.391. The van der Waals surface area contributed by atoms with Crippen LogP contribution in [-0.4, -0.2) is 39.5 Å². The smallest absolute Gasteiger partial charge is 0.277 e. The molecule has 0 radical (unpaired) electrons. The third kappa shape index (κ3) is 4.20. The van der Waals surface area contributed by atoms with Crippen molar-refractivity contribution in [3.63, 3.8) is 0 Å². The topological polar surface area (TPSA) is 77.3 Å². The van der Waals surface area contributed by atoms with Gasteiger partial charge in [-0.2, -0.15) is 0 Å². The van der Waals surface area contributed by atoms with Gasteiger partial charge >= 0.3 is 0 Å². The standard InChI is InChI=1S/C23H26N4O3/c1-30-18-12-10-17(11-13-18)21-9-3-2-6-15-26(21)22(28)14-16-27-23(29)19-7-4-5-8-20(19)24-25-27/h4-5,7-8,10-13,21H,2-3,6,9,14-16H2,1H3. The maximum Gasteiger partial charge on any atom is 0.277 e. The van der Waals surface area contributed by atoms with Crippen molar-refractivity contribution < 1.29 is 9.53 Å². The highest BCUT2D eigenvalue weighted by molar-refractivity contribution is 5.77. The molecule has 7 nitrogen and oxygen atoms in total. The second-order valence-corrected chi connectivity index (χ2v) is 7.61. The Balaban J connectivity index is 1.51. The zero-order chi connectivity index (χ0) is 20.9. The lowest BCUT2D eigenvalue weighted by Gasteiger charge is -2.30. The van der Waals surface area contributed by atoms with Gasteiger partial charge in [0.25, 0.3) is 5.56 Å². The highest BCUT2D eigenvalue weighted by Crippen LogP contribution is 2.31. The van der Waals surface area contributed by atoms with Gasteiger partial charge in [-0.25, -0.2) is 4.68 Å². The summed E-state index contributed by atoms with van der Waals surface area (Å²) in [7, 11) is 1.65. The lowest BCUT2D eigenvalue weighted by atomic mass is 10.0. The summed E-state index contributed by atoms with van der Waals surface area (Å²) in [6.07, 6.45) is 4.36. The van der Waals surface area contributed by atoms with Crippen LogP contribution in [0.2, 0.25) is 0 Å². The monoisotopic (exact) mass is 406 g/mol. The molecule has 1 amide bonds. The molecule has 1 saturated heterocycles. The van der Waals surface area contributed by atoms with Gasteiger partial charge in [0.15, 0.2) is 0 Å². The number of ether oxygens (including phenoxy) is 1. The molecule has 1 atom stereocenters. The van der Waals surface area contributed by atoms with Gasteiger partial charge in [-0.3, -0.25) is 9.59 Å². The second kappa shape index (κ2) is 9.07. The van der Waals surface area contributed by atoms with Crippen LogP contribution in [0.3, 0.4) is 0 Å². The van der Waals surface area contributed by atoms with Crippen molar-refractivity contribution in [1.82, 2.24) is 19.9 Å². The molecule has 3 aromatic rings. The summed E-state index contributed by atoms with van der Waals surface area (Å²) in [4.78, 5) is 27.8. The zero-order valence-corrected chi connectivity index (χ0v) is 17.2. The van der Waals surface area contributed by atoms with Gasteiger partial charge in [0.1, 0.15) is 11.3 Å². The lowest BCUT2D eigenvalue weighted by molar-refractivity contribution is -0.134. The molecule has 1 unspecified atom stereocenters. The van der Waals surface area contributed by atoms with Gasteiger partial charge in [0.2, 0.25) is 5.91 Å². The third-order valence-electron chi connectivity index (χ3n) is 5.74. The van der Waals surface area contributed by atoms with Gasteiger partial charge in [0, 0.05) is 13.0 Å². The average Bonchev–Trinajstić information content (AvgIpc) is 3.05. The molecule has 1 aromatic heterocycles. The number of amides is 1. The molecule has 0 aliphatic carbocycles. The highest BCUT2D eigenvalue weighted by atomic mass is 16.5. The molecule has 0 saturated carbocycles. The maximum absolute atomic E-state index is 13.1. The number of carbonyl (C=O) groups is 1. The predicted octanol–water partition coefficient (Wildman–Crippen LogP) is 3.33. The van der Waals surface area contributed by atoms with Crippen molar-refractivity contribution in [2.45, 2.75) is 44.7 Å². The molecule has 156 valence electrons. The van der Waals surface area contributed by atoms with Crippen molar-refractivity contribution in [1.29, 1.82) is 0 Å². The van der Waals surface area contributed by atoms with E-state index in [0.717, 1.165) is 43.5 Å². The number of likely N-dealkylation sites (tertiary alicyclic amines) is 1. The van der Waals surface area contributed by atoms with E-state index in [9.17, 15) is 9.59 Å². The van der Waals surface area contributed by atoms with Crippen LogP contribution in [0.25, 0.3) is 10.9 Å². The predicted molar refractivity (Wildman–Crippen MR) is 114 cm³/mol. The number of fused-ring (bicyclic) bond motifs is 1. The molecule has 0 bridgehead atoms. The molecule has 4 rings (SSSR count). The molecule has 30 heavy (non-hydrogen) atoms. The quantitative estimate of drug-likeness (QED) is 0.649. The van der Waals surface area contributed by atoms with Crippen LogP contribution < -0.4 is 10.3 Å². The minimum Gasteiger partial charge on any atom is -0.497 e. The largest absolute Gasteiger partial charge is 0.497 e. The first-order valence-electron chi connectivity index (χ1n) is 10.4. The Morgan fingerprint density at radius 3 is 2.70 bits per heavy atom.